The fourth-order valence-electron chi connectivity index (χ4n) is 2.30. The SMILES string of the molecule is C[C@H](Oc1ccc2ccc(=O)oc2c1)C(=O)NCc1ccccc1. The zero-order chi connectivity index (χ0) is 16.9. The highest BCUT2D eigenvalue weighted by atomic mass is 16.5. The summed E-state index contributed by atoms with van der Waals surface area (Å²) in [4.78, 5) is 23.4. The molecule has 0 radical (unpaired) electrons. The molecule has 122 valence electrons. The Labute approximate surface area is 138 Å². The van der Waals surface area contributed by atoms with Crippen LogP contribution in [0.3, 0.4) is 0 Å². The van der Waals surface area contributed by atoms with E-state index in [1.807, 2.05) is 30.3 Å². The van der Waals surface area contributed by atoms with Gasteiger partial charge in [0.05, 0.1) is 0 Å². The Hall–Kier alpha value is -3.08. The van der Waals surface area contributed by atoms with Gasteiger partial charge in [0.1, 0.15) is 11.3 Å². The normalized spacial score (nSPS) is 11.9. The largest absolute Gasteiger partial charge is 0.481 e. The number of rotatable bonds is 5. The molecule has 0 saturated carbocycles. The molecule has 0 spiro atoms. The van der Waals surface area contributed by atoms with Gasteiger partial charge >= 0.3 is 5.63 Å². The summed E-state index contributed by atoms with van der Waals surface area (Å²) in [5.74, 6) is 0.257. The van der Waals surface area contributed by atoms with E-state index in [1.54, 1.807) is 31.2 Å². The Kier molecular flexibility index (Phi) is 4.61. The monoisotopic (exact) mass is 323 g/mol. The quantitative estimate of drug-likeness (QED) is 0.733. The van der Waals surface area contributed by atoms with Crippen LogP contribution in [-0.4, -0.2) is 12.0 Å². The van der Waals surface area contributed by atoms with Gasteiger partial charge in [-0.2, -0.15) is 0 Å². The number of carbonyl (C=O) groups excluding carboxylic acids is 1. The van der Waals surface area contributed by atoms with E-state index in [0.717, 1.165) is 10.9 Å². The van der Waals surface area contributed by atoms with Crippen molar-refractivity contribution >= 4 is 16.9 Å². The summed E-state index contributed by atoms with van der Waals surface area (Å²) < 4.78 is 10.8. The third-order valence-corrected chi connectivity index (χ3v) is 3.59. The van der Waals surface area contributed by atoms with Gasteiger partial charge in [-0.15, -0.1) is 0 Å². The van der Waals surface area contributed by atoms with Crippen LogP contribution in [0.25, 0.3) is 11.0 Å². The van der Waals surface area contributed by atoms with Crippen molar-refractivity contribution in [2.75, 3.05) is 0 Å². The molecule has 0 aliphatic rings. The van der Waals surface area contributed by atoms with Crippen LogP contribution in [0.1, 0.15) is 12.5 Å². The molecular formula is C19H17NO4. The number of ether oxygens (including phenoxy) is 1. The molecule has 1 aromatic heterocycles. The molecule has 1 atom stereocenters. The standard InChI is InChI=1S/C19H17NO4/c1-13(19(22)20-12-14-5-3-2-4-6-14)23-16-9-7-15-8-10-18(21)24-17(15)11-16/h2-11,13H,12H2,1H3,(H,20,22)/t13-/m0/s1. The lowest BCUT2D eigenvalue weighted by Gasteiger charge is -2.15. The molecule has 0 fully saturated rings. The van der Waals surface area contributed by atoms with Crippen LogP contribution in [0.2, 0.25) is 0 Å². The van der Waals surface area contributed by atoms with Crippen molar-refractivity contribution in [2.45, 2.75) is 19.6 Å². The Bertz CT molecular complexity index is 902. The third kappa shape index (κ3) is 3.81. The van der Waals surface area contributed by atoms with E-state index in [9.17, 15) is 9.59 Å². The number of hydrogen-bond acceptors (Lipinski definition) is 4. The van der Waals surface area contributed by atoms with Crippen LogP contribution >= 0.6 is 0 Å². The van der Waals surface area contributed by atoms with E-state index in [1.165, 1.54) is 6.07 Å². The minimum Gasteiger partial charge on any atom is -0.481 e. The molecular weight excluding hydrogens is 306 g/mol. The Morgan fingerprint density at radius 2 is 1.88 bits per heavy atom. The highest BCUT2D eigenvalue weighted by molar-refractivity contribution is 5.81. The first-order chi connectivity index (χ1) is 11.6. The number of amides is 1. The minimum atomic E-state index is -0.665. The van der Waals surface area contributed by atoms with Crippen molar-refractivity contribution in [1.82, 2.24) is 5.32 Å². The zero-order valence-corrected chi connectivity index (χ0v) is 13.2. The molecule has 24 heavy (non-hydrogen) atoms. The van der Waals surface area contributed by atoms with Gasteiger partial charge in [0.25, 0.3) is 5.91 Å². The maximum absolute atomic E-state index is 12.1. The van der Waals surface area contributed by atoms with Crippen LogP contribution < -0.4 is 15.7 Å². The predicted octanol–water partition coefficient (Wildman–Crippen LogP) is 2.88. The highest BCUT2D eigenvalue weighted by Gasteiger charge is 2.14. The molecule has 0 aliphatic heterocycles. The van der Waals surface area contributed by atoms with E-state index in [-0.39, 0.29) is 5.91 Å². The van der Waals surface area contributed by atoms with Gasteiger partial charge in [0.15, 0.2) is 6.10 Å². The Morgan fingerprint density at radius 1 is 1.12 bits per heavy atom. The van der Waals surface area contributed by atoms with E-state index < -0.39 is 11.7 Å². The van der Waals surface area contributed by atoms with Gasteiger partial charge in [-0.3, -0.25) is 4.79 Å². The molecule has 1 amide bonds. The van der Waals surface area contributed by atoms with Crippen molar-refractivity contribution in [3.63, 3.8) is 0 Å². The number of carbonyl (C=O) groups is 1. The topological polar surface area (TPSA) is 68.5 Å². The van der Waals surface area contributed by atoms with Gasteiger partial charge in [-0.05, 0) is 30.7 Å². The highest BCUT2D eigenvalue weighted by Crippen LogP contribution is 2.20. The summed E-state index contributed by atoms with van der Waals surface area (Å²) in [7, 11) is 0. The van der Waals surface area contributed by atoms with Crippen molar-refractivity contribution in [2.24, 2.45) is 0 Å². The first kappa shape index (κ1) is 15.8. The second-order valence-electron chi connectivity index (χ2n) is 5.42. The second kappa shape index (κ2) is 7.00. The van der Waals surface area contributed by atoms with Gasteiger partial charge in [0.2, 0.25) is 0 Å². The lowest BCUT2D eigenvalue weighted by Crippen LogP contribution is -2.35. The molecule has 5 nitrogen and oxygen atoms in total. The summed E-state index contributed by atoms with van der Waals surface area (Å²) in [5, 5.41) is 3.62. The van der Waals surface area contributed by atoms with Crippen molar-refractivity contribution < 1.29 is 13.9 Å². The van der Waals surface area contributed by atoms with E-state index in [4.69, 9.17) is 9.15 Å². The van der Waals surface area contributed by atoms with Crippen molar-refractivity contribution in [3.8, 4) is 5.75 Å². The first-order valence-electron chi connectivity index (χ1n) is 7.64. The molecule has 0 saturated heterocycles. The number of fused-ring (bicyclic) bond motifs is 1. The van der Waals surface area contributed by atoms with Gasteiger partial charge < -0.3 is 14.5 Å². The third-order valence-electron chi connectivity index (χ3n) is 3.59. The summed E-state index contributed by atoms with van der Waals surface area (Å²) in [6, 6.07) is 17.8. The van der Waals surface area contributed by atoms with Crippen molar-refractivity contribution in [3.05, 3.63) is 76.6 Å². The molecule has 5 heteroatoms. The van der Waals surface area contributed by atoms with Crippen LogP contribution in [0, 0.1) is 0 Å². The minimum absolute atomic E-state index is 0.214. The Balaban J connectivity index is 1.64. The molecule has 1 N–H and O–H groups in total. The fraction of sp³-hybridized carbons (Fsp3) is 0.158. The second-order valence-corrected chi connectivity index (χ2v) is 5.42. The van der Waals surface area contributed by atoms with E-state index in [2.05, 4.69) is 5.32 Å². The molecule has 3 aromatic rings. The van der Waals surface area contributed by atoms with Crippen LogP contribution in [0.4, 0.5) is 0 Å². The number of hydrogen-bond donors (Lipinski definition) is 1. The van der Waals surface area contributed by atoms with Gasteiger partial charge in [-0.25, -0.2) is 4.79 Å². The maximum Gasteiger partial charge on any atom is 0.336 e. The van der Waals surface area contributed by atoms with Crippen LogP contribution in [0.5, 0.6) is 5.75 Å². The van der Waals surface area contributed by atoms with Crippen molar-refractivity contribution in [1.29, 1.82) is 0 Å². The average molecular weight is 323 g/mol. The smallest absolute Gasteiger partial charge is 0.336 e. The first-order valence-corrected chi connectivity index (χ1v) is 7.64. The lowest BCUT2D eigenvalue weighted by molar-refractivity contribution is -0.127. The van der Waals surface area contributed by atoms with Gasteiger partial charge in [0, 0.05) is 24.1 Å². The Morgan fingerprint density at radius 3 is 2.67 bits per heavy atom. The maximum atomic E-state index is 12.1. The van der Waals surface area contributed by atoms with Gasteiger partial charge in [-0.1, -0.05) is 30.3 Å². The van der Waals surface area contributed by atoms with Crippen LogP contribution in [0.15, 0.2) is 69.9 Å². The van der Waals surface area contributed by atoms with E-state index >= 15 is 0 Å². The number of benzene rings is 2. The average Bonchev–Trinajstić information content (AvgIpc) is 2.60. The summed E-state index contributed by atoms with van der Waals surface area (Å²) >= 11 is 0. The lowest BCUT2D eigenvalue weighted by atomic mass is 10.2. The number of nitrogens with one attached hydrogen (secondary N) is 1. The van der Waals surface area contributed by atoms with E-state index in [0.29, 0.717) is 17.9 Å². The summed E-state index contributed by atoms with van der Waals surface area (Å²) in [6.07, 6.45) is -0.665. The predicted molar refractivity (Wildman–Crippen MR) is 90.9 cm³/mol. The molecule has 3 rings (SSSR count). The van der Waals surface area contributed by atoms with Crippen LogP contribution in [-0.2, 0) is 11.3 Å². The molecule has 1 heterocycles. The molecule has 0 unspecified atom stereocenters. The molecule has 0 aliphatic carbocycles. The summed E-state index contributed by atoms with van der Waals surface area (Å²) in [5.41, 5.74) is 1.02. The summed E-state index contributed by atoms with van der Waals surface area (Å²) in [6.45, 7) is 2.12. The zero-order valence-electron chi connectivity index (χ0n) is 13.2. The molecule has 0 bridgehead atoms. The fourth-order valence-corrected chi connectivity index (χ4v) is 2.30. The molecule has 2 aromatic carbocycles.